The van der Waals surface area contributed by atoms with E-state index < -0.39 is 0 Å². The highest BCUT2D eigenvalue weighted by molar-refractivity contribution is 5.14. The second-order valence-corrected chi connectivity index (χ2v) is 2.90. The highest BCUT2D eigenvalue weighted by Crippen LogP contribution is 2.03. The van der Waals surface area contributed by atoms with E-state index in [-0.39, 0.29) is 0 Å². The van der Waals surface area contributed by atoms with E-state index in [0.29, 0.717) is 13.2 Å². The molecule has 1 rings (SSSR count). The van der Waals surface area contributed by atoms with Crippen LogP contribution in [0.5, 0.6) is 0 Å². The van der Waals surface area contributed by atoms with Crippen molar-refractivity contribution >= 4 is 0 Å². The third kappa shape index (κ3) is 2.82. The third-order valence-electron chi connectivity index (χ3n) is 1.94. The first-order valence-corrected chi connectivity index (χ1v) is 4.58. The molecule has 2 N–H and O–H groups in total. The Hall–Kier alpha value is -0.870. The molecule has 0 amide bonds. The van der Waals surface area contributed by atoms with E-state index in [1.807, 2.05) is 24.7 Å². The quantitative estimate of drug-likeness (QED) is 0.683. The molecule has 0 aromatic carbocycles. The third-order valence-corrected chi connectivity index (χ3v) is 1.94. The fourth-order valence-corrected chi connectivity index (χ4v) is 1.18. The molecule has 1 aromatic heterocycles. The van der Waals surface area contributed by atoms with Gasteiger partial charge in [-0.2, -0.15) is 5.10 Å². The molecule has 0 spiro atoms. The Morgan fingerprint density at radius 1 is 1.62 bits per heavy atom. The second-order valence-electron chi connectivity index (χ2n) is 2.90. The first kappa shape index (κ1) is 10.2. The molecular formula is C9H17N3O. The molecule has 74 valence electrons. The van der Waals surface area contributed by atoms with Crippen molar-refractivity contribution in [3.05, 3.63) is 17.5 Å². The zero-order chi connectivity index (χ0) is 9.68. The second kappa shape index (κ2) is 4.99. The lowest BCUT2D eigenvalue weighted by atomic mass is 10.3. The maximum Gasteiger partial charge on any atom is 0.0662 e. The number of aromatic nitrogens is 2. The van der Waals surface area contributed by atoms with Crippen molar-refractivity contribution in [1.82, 2.24) is 9.78 Å². The van der Waals surface area contributed by atoms with Crippen molar-refractivity contribution in [3.63, 3.8) is 0 Å². The van der Waals surface area contributed by atoms with Crippen LogP contribution in [0, 0.1) is 6.92 Å². The Morgan fingerprint density at radius 2 is 2.38 bits per heavy atom. The molecule has 0 aliphatic heterocycles. The fraction of sp³-hybridized carbons (Fsp3) is 0.667. The first-order chi connectivity index (χ1) is 6.27. The van der Waals surface area contributed by atoms with Crippen molar-refractivity contribution in [2.75, 3.05) is 13.2 Å². The van der Waals surface area contributed by atoms with Crippen molar-refractivity contribution in [2.24, 2.45) is 5.73 Å². The van der Waals surface area contributed by atoms with Crippen LogP contribution in [0.4, 0.5) is 0 Å². The molecule has 0 fully saturated rings. The van der Waals surface area contributed by atoms with Crippen LogP contribution in [-0.2, 0) is 17.8 Å². The number of rotatable bonds is 5. The highest BCUT2D eigenvalue weighted by atomic mass is 16.5. The first-order valence-electron chi connectivity index (χ1n) is 4.58. The molecule has 4 nitrogen and oxygen atoms in total. The maximum atomic E-state index is 5.53. The Labute approximate surface area is 78.7 Å². The lowest BCUT2D eigenvalue weighted by Crippen LogP contribution is -2.06. The molecule has 0 radical (unpaired) electrons. The molecule has 13 heavy (non-hydrogen) atoms. The van der Waals surface area contributed by atoms with Gasteiger partial charge in [0.2, 0.25) is 0 Å². The fourth-order valence-electron chi connectivity index (χ4n) is 1.18. The number of aryl methyl sites for hydroxylation is 1. The van der Waals surface area contributed by atoms with Crippen LogP contribution < -0.4 is 5.73 Å². The van der Waals surface area contributed by atoms with Gasteiger partial charge in [-0.25, -0.2) is 0 Å². The summed E-state index contributed by atoms with van der Waals surface area (Å²) in [6, 6.07) is 0. The summed E-state index contributed by atoms with van der Waals surface area (Å²) in [5.74, 6) is 0. The van der Waals surface area contributed by atoms with Gasteiger partial charge in [-0.05, 0) is 13.8 Å². The number of hydrogen-bond acceptors (Lipinski definition) is 3. The Kier molecular flexibility index (Phi) is 3.92. The van der Waals surface area contributed by atoms with E-state index in [2.05, 4.69) is 5.10 Å². The molecule has 0 unspecified atom stereocenters. The van der Waals surface area contributed by atoms with Crippen molar-refractivity contribution in [2.45, 2.75) is 26.9 Å². The number of nitrogens with two attached hydrogens (primary N) is 1. The van der Waals surface area contributed by atoms with Crippen LogP contribution in [0.2, 0.25) is 0 Å². The topological polar surface area (TPSA) is 53.1 Å². The van der Waals surface area contributed by atoms with Crippen LogP contribution >= 0.6 is 0 Å². The molecule has 0 saturated heterocycles. The smallest absolute Gasteiger partial charge is 0.0662 e. The van der Waals surface area contributed by atoms with Gasteiger partial charge in [0.15, 0.2) is 0 Å². The molecule has 1 heterocycles. The van der Waals surface area contributed by atoms with Gasteiger partial charge in [0.1, 0.15) is 0 Å². The summed E-state index contributed by atoms with van der Waals surface area (Å²) in [6.07, 6.45) is 1.98. The summed E-state index contributed by atoms with van der Waals surface area (Å²) in [5.41, 5.74) is 7.66. The average molecular weight is 183 g/mol. The number of ether oxygens (including phenoxy) is 1. The van der Waals surface area contributed by atoms with E-state index in [9.17, 15) is 0 Å². The van der Waals surface area contributed by atoms with E-state index >= 15 is 0 Å². The predicted molar refractivity (Wildman–Crippen MR) is 51.3 cm³/mol. The van der Waals surface area contributed by atoms with E-state index in [4.69, 9.17) is 10.5 Å². The Morgan fingerprint density at radius 3 is 2.92 bits per heavy atom. The van der Waals surface area contributed by atoms with E-state index in [0.717, 1.165) is 24.4 Å². The monoisotopic (exact) mass is 183 g/mol. The van der Waals surface area contributed by atoms with Gasteiger partial charge in [0.05, 0.1) is 18.8 Å². The van der Waals surface area contributed by atoms with Gasteiger partial charge in [-0.1, -0.05) is 0 Å². The summed E-state index contributed by atoms with van der Waals surface area (Å²) in [7, 11) is 0. The molecule has 1 aromatic rings. The lowest BCUT2D eigenvalue weighted by Gasteiger charge is -2.00. The normalized spacial score (nSPS) is 10.7. The van der Waals surface area contributed by atoms with Crippen LogP contribution in [-0.4, -0.2) is 23.0 Å². The molecule has 0 aliphatic carbocycles. The van der Waals surface area contributed by atoms with Crippen LogP contribution in [0.3, 0.4) is 0 Å². The Balaban J connectivity index is 2.48. The van der Waals surface area contributed by atoms with Crippen molar-refractivity contribution < 1.29 is 4.74 Å². The summed E-state index contributed by atoms with van der Waals surface area (Å²) in [5, 5.41) is 4.31. The van der Waals surface area contributed by atoms with Gasteiger partial charge in [0, 0.05) is 24.9 Å². The molecule has 0 saturated carbocycles. The zero-order valence-corrected chi connectivity index (χ0v) is 8.29. The number of hydrogen-bond donors (Lipinski definition) is 1. The van der Waals surface area contributed by atoms with Crippen LogP contribution in [0.15, 0.2) is 6.20 Å². The molecule has 4 heteroatoms. The molecule has 0 atom stereocenters. The summed E-state index contributed by atoms with van der Waals surface area (Å²) >= 11 is 0. The SMILES string of the molecule is CCOCCn1cc(CN)c(C)n1. The van der Waals surface area contributed by atoms with Gasteiger partial charge in [0.25, 0.3) is 0 Å². The lowest BCUT2D eigenvalue weighted by molar-refractivity contribution is 0.136. The minimum Gasteiger partial charge on any atom is -0.380 e. The minimum atomic E-state index is 0.556. The van der Waals surface area contributed by atoms with Gasteiger partial charge < -0.3 is 10.5 Å². The average Bonchev–Trinajstić information content (AvgIpc) is 2.47. The minimum absolute atomic E-state index is 0.556. The molecule has 0 aliphatic rings. The predicted octanol–water partition coefficient (Wildman–Crippen LogP) is 0.687. The van der Waals surface area contributed by atoms with Gasteiger partial charge >= 0.3 is 0 Å². The standard InChI is InChI=1S/C9H17N3O/c1-3-13-5-4-12-7-9(6-10)8(2)11-12/h7H,3-6,10H2,1-2H3. The molecule has 0 bridgehead atoms. The summed E-state index contributed by atoms with van der Waals surface area (Å²) < 4.78 is 7.11. The maximum absolute atomic E-state index is 5.53. The van der Waals surface area contributed by atoms with Crippen LogP contribution in [0.1, 0.15) is 18.2 Å². The molecular weight excluding hydrogens is 166 g/mol. The van der Waals surface area contributed by atoms with Crippen LogP contribution in [0.25, 0.3) is 0 Å². The van der Waals surface area contributed by atoms with Gasteiger partial charge in [-0.15, -0.1) is 0 Å². The largest absolute Gasteiger partial charge is 0.380 e. The Bertz CT molecular complexity index is 257. The summed E-state index contributed by atoms with van der Waals surface area (Å²) in [6.45, 7) is 6.78. The summed E-state index contributed by atoms with van der Waals surface area (Å²) in [4.78, 5) is 0. The van der Waals surface area contributed by atoms with E-state index in [1.165, 1.54) is 0 Å². The van der Waals surface area contributed by atoms with Gasteiger partial charge in [-0.3, -0.25) is 4.68 Å². The highest BCUT2D eigenvalue weighted by Gasteiger charge is 2.01. The number of nitrogens with zero attached hydrogens (tertiary/aromatic N) is 2. The van der Waals surface area contributed by atoms with Crippen molar-refractivity contribution in [3.8, 4) is 0 Å². The van der Waals surface area contributed by atoms with E-state index in [1.54, 1.807) is 0 Å². The zero-order valence-electron chi connectivity index (χ0n) is 8.29. The van der Waals surface area contributed by atoms with Crippen molar-refractivity contribution in [1.29, 1.82) is 0 Å².